The summed E-state index contributed by atoms with van der Waals surface area (Å²) in [6.45, 7) is 18.6. The normalized spacial score (nSPS) is 15.4. The number of hydrogen-bond donors (Lipinski definition) is 0. The molecule has 33 heavy (non-hydrogen) atoms. The predicted molar refractivity (Wildman–Crippen MR) is 131 cm³/mol. The molecule has 2 aromatic heterocycles. The quantitative estimate of drug-likeness (QED) is 0.538. The Balaban J connectivity index is 0.000000593. The molecule has 4 nitrogen and oxygen atoms in total. The molecule has 0 N–H and O–H groups in total. The van der Waals surface area contributed by atoms with Crippen LogP contribution in [0.15, 0.2) is 12.2 Å². The summed E-state index contributed by atoms with van der Waals surface area (Å²) >= 11 is 1.43. The first-order chi connectivity index (χ1) is 15.5. The van der Waals surface area contributed by atoms with Gasteiger partial charge in [0.05, 0.1) is 5.69 Å². The summed E-state index contributed by atoms with van der Waals surface area (Å²) in [5, 5.41) is 1.67. The van der Waals surface area contributed by atoms with Crippen LogP contribution in [0.2, 0.25) is 0 Å². The molecule has 0 saturated carbocycles. The molecule has 0 spiro atoms. The molecular weight excluding hydrogens is 449 g/mol. The summed E-state index contributed by atoms with van der Waals surface area (Å²) in [6, 6.07) is -0.0241. The van der Waals surface area contributed by atoms with E-state index in [9.17, 15) is 13.2 Å². The van der Waals surface area contributed by atoms with Gasteiger partial charge >= 0.3 is 12.2 Å². The molecule has 8 heteroatoms. The zero-order chi connectivity index (χ0) is 25.2. The highest BCUT2D eigenvalue weighted by Gasteiger charge is 2.56. The summed E-state index contributed by atoms with van der Waals surface area (Å²) in [5.41, 5.74) is -0.327. The summed E-state index contributed by atoms with van der Waals surface area (Å²) < 4.78 is 52.1. The van der Waals surface area contributed by atoms with Crippen LogP contribution >= 0.6 is 11.3 Å². The Morgan fingerprint density at radius 1 is 1.27 bits per heavy atom. The van der Waals surface area contributed by atoms with Crippen molar-refractivity contribution >= 4 is 34.2 Å². The maximum Gasteiger partial charge on any atom is 0.397 e. The smallest absolute Gasteiger partial charge is 0.397 e. The van der Waals surface area contributed by atoms with Crippen LogP contribution in [0, 0.1) is 24.2 Å². The summed E-state index contributed by atoms with van der Waals surface area (Å²) in [4.78, 5) is 9.19. The molecule has 3 rings (SSSR count). The number of hydrogen-bond acceptors (Lipinski definition) is 5. The van der Waals surface area contributed by atoms with Gasteiger partial charge in [0.25, 0.3) is 0 Å². The van der Waals surface area contributed by atoms with Gasteiger partial charge in [-0.2, -0.15) is 23.1 Å². The van der Waals surface area contributed by atoms with Gasteiger partial charge in [-0.05, 0) is 51.3 Å². The van der Waals surface area contributed by atoms with Gasteiger partial charge in [0, 0.05) is 23.1 Å². The molecular formula is C25H33F3N2O2S. The number of thiophene rings is 1. The molecule has 0 aliphatic carbocycles. The minimum Gasteiger partial charge on any atom is -0.462 e. The van der Waals surface area contributed by atoms with Crippen molar-refractivity contribution in [2.45, 2.75) is 60.6 Å². The Kier molecular flexibility index (Phi) is 11.1. The Morgan fingerprint density at radius 2 is 1.88 bits per heavy atom. The lowest BCUT2D eigenvalue weighted by molar-refractivity contribution is -0.254. The van der Waals surface area contributed by atoms with Gasteiger partial charge < -0.3 is 9.47 Å². The molecule has 0 bridgehead atoms. The van der Waals surface area contributed by atoms with E-state index in [1.54, 1.807) is 13.8 Å². The largest absolute Gasteiger partial charge is 0.462 e. The van der Waals surface area contributed by atoms with E-state index < -0.39 is 18.2 Å². The molecule has 0 atom stereocenters. The molecule has 1 aliphatic rings. The van der Waals surface area contributed by atoms with Gasteiger partial charge in [-0.25, -0.2) is 0 Å². The number of allylic oxidation sites excluding steroid dienone is 1. The molecule has 2 aromatic rings. The monoisotopic (exact) mass is 482 g/mol. The zero-order valence-electron chi connectivity index (χ0n) is 20.3. The molecule has 1 aliphatic heterocycles. The third-order valence-electron chi connectivity index (χ3n) is 4.97. The molecule has 0 unspecified atom stereocenters. The van der Waals surface area contributed by atoms with Crippen molar-refractivity contribution in [3.8, 4) is 17.9 Å². The molecule has 1 fully saturated rings. The summed E-state index contributed by atoms with van der Waals surface area (Å²) in [6.07, 6.45) is -2.66. The molecule has 182 valence electrons. The second kappa shape index (κ2) is 12.8. The van der Waals surface area contributed by atoms with Crippen molar-refractivity contribution in [3.63, 3.8) is 0 Å². The van der Waals surface area contributed by atoms with Gasteiger partial charge in [0.2, 0.25) is 0 Å². The fraction of sp³-hybridized carbons (Fsp3) is 0.520. The molecule has 0 radical (unpaired) electrons. The van der Waals surface area contributed by atoms with Gasteiger partial charge in [0.1, 0.15) is 16.9 Å². The molecule has 0 amide bonds. The van der Waals surface area contributed by atoms with E-state index in [-0.39, 0.29) is 32.1 Å². The number of rotatable bonds is 3. The van der Waals surface area contributed by atoms with Crippen molar-refractivity contribution in [2.75, 3.05) is 19.8 Å². The van der Waals surface area contributed by atoms with Crippen molar-refractivity contribution in [3.05, 3.63) is 27.6 Å². The minimum atomic E-state index is -4.36. The second-order valence-corrected chi connectivity index (χ2v) is 8.37. The maximum atomic E-state index is 13.5. The van der Waals surface area contributed by atoms with Crippen molar-refractivity contribution in [1.29, 1.82) is 0 Å². The highest BCUT2D eigenvalue weighted by molar-refractivity contribution is 7.16. The van der Waals surface area contributed by atoms with Crippen molar-refractivity contribution < 1.29 is 22.6 Å². The average molecular weight is 483 g/mol. The van der Waals surface area contributed by atoms with Crippen LogP contribution in [-0.2, 0) is 4.74 Å². The third-order valence-corrected chi connectivity index (χ3v) is 6.16. The second-order valence-electron chi connectivity index (χ2n) is 7.34. The lowest BCUT2D eigenvalue weighted by Crippen LogP contribution is -2.47. The van der Waals surface area contributed by atoms with Crippen LogP contribution in [-0.4, -0.2) is 36.0 Å². The molecule has 0 aromatic carbocycles. The van der Waals surface area contributed by atoms with E-state index in [4.69, 9.17) is 9.47 Å². The Morgan fingerprint density at radius 3 is 2.33 bits per heavy atom. The number of fused-ring (bicyclic) bond motifs is 1. The van der Waals surface area contributed by atoms with Crippen LogP contribution in [0.4, 0.5) is 13.2 Å². The molecule has 1 saturated heterocycles. The Labute approximate surface area is 198 Å². The lowest BCUT2D eigenvalue weighted by atomic mass is 9.80. The van der Waals surface area contributed by atoms with Crippen LogP contribution in [0.25, 0.3) is 22.9 Å². The first-order valence-corrected chi connectivity index (χ1v) is 11.6. The van der Waals surface area contributed by atoms with E-state index in [0.29, 0.717) is 10.5 Å². The van der Waals surface area contributed by atoms with E-state index in [1.807, 2.05) is 33.8 Å². The highest BCUT2D eigenvalue weighted by Crippen LogP contribution is 2.46. The Bertz CT molecular complexity index is 1110. The summed E-state index contributed by atoms with van der Waals surface area (Å²) in [5.74, 6) is 5.48. The standard InChI is InChI=1S/C17H19F3N2O2S.C6H8.C2H6/c1-4-12-10(2)13-11(3)21-15(22-14(13)25-12)24-9-16(17(18,19)20)5-7-23-8-6-16;1-4-5-6(2)3;1-2/h4H,2,5-9H2,1,3H3;2H2,1,3H3;1-2H3/b12-4+;;. The van der Waals surface area contributed by atoms with Crippen molar-refractivity contribution in [1.82, 2.24) is 9.97 Å². The predicted octanol–water partition coefficient (Wildman–Crippen LogP) is 5.56. The number of aromatic nitrogens is 2. The zero-order valence-corrected chi connectivity index (χ0v) is 21.1. The van der Waals surface area contributed by atoms with Gasteiger partial charge in [-0.1, -0.05) is 39.0 Å². The minimum absolute atomic E-state index is 0.0241. The Hall–Kier alpha value is -2.37. The molecule has 3 heterocycles. The van der Waals surface area contributed by atoms with Crippen LogP contribution in [0.1, 0.15) is 53.2 Å². The number of nitrogens with zero attached hydrogens (tertiary/aromatic N) is 2. The highest BCUT2D eigenvalue weighted by atomic mass is 32.1. The van der Waals surface area contributed by atoms with Crippen LogP contribution in [0.3, 0.4) is 0 Å². The number of ether oxygens (including phenoxy) is 2. The topological polar surface area (TPSA) is 44.2 Å². The fourth-order valence-corrected chi connectivity index (χ4v) is 4.27. The van der Waals surface area contributed by atoms with E-state index in [2.05, 4.69) is 35.0 Å². The maximum absolute atomic E-state index is 13.5. The number of aryl methyl sites for hydroxylation is 1. The number of alkyl halides is 3. The van der Waals surface area contributed by atoms with E-state index in [1.165, 1.54) is 11.3 Å². The lowest BCUT2D eigenvalue weighted by Gasteiger charge is -2.37. The number of halogens is 3. The van der Waals surface area contributed by atoms with Crippen molar-refractivity contribution in [2.24, 2.45) is 5.41 Å². The third kappa shape index (κ3) is 7.31. The summed E-state index contributed by atoms with van der Waals surface area (Å²) in [7, 11) is 0. The van der Waals surface area contributed by atoms with E-state index in [0.717, 1.165) is 20.7 Å². The SMILES string of the molecule is C=C(C)C#CC.C=c1/c(=C\C)sc2nc(OCC3(C(F)(F)F)CCOCC3)nc(C)c12.CC. The first-order valence-electron chi connectivity index (χ1n) is 10.8. The van der Waals surface area contributed by atoms with Gasteiger partial charge in [-0.3, -0.25) is 0 Å². The first kappa shape index (κ1) is 28.7. The van der Waals surface area contributed by atoms with Crippen LogP contribution < -0.4 is 14.5 Å². The van der Waals surface area contributed by atoms with E-state index >= 15 is 0 Å². The average Bonchev–Trinajstić information content (AvgIpc) is 3.10. The fourth-order valence-electron chi connectivity index (χ4n) is 3.22. The van der Waals surface area contributed by atoms with Gasteiger partial charge in [0.15, 0.2) is 0 Å². The van der Waals surface area contributed by atoms with Gasteiger partial charge in [-0.15, -0.1) is 17.3 Å². The van der Waals surface area contributed by atoms with Crippen LogP contribution in [0.5, 0.6) is 6.01 Å².